The van der Waals surface area contributed by atoms with E-state index >= 15 is 0 Å². The van der Waals surface area contributed by atoms with Crippen molar-refractivity contribution in [2.24, 2.45) is 10.9 Å². The van der Waals surface area contributed by atoms with Crippen LogP contribution in [0, 0.1) is 5.92 Å². The van der Waals surface area contributed by atoms with Crippen LogP contribution in [0.15, 0.2) is 29.3 Å². The predicted octanol–water partition coefficient (Wildman–Crippen LogP) is 3.87. The normalized spacial score (nSPS) is 28.1. The summed E-state index contributed by atoms with van der Waals surface area (Å²) >= 11 is 6.15. The average molecular weight is 533 g/mol. The van der Waals surface area contributed by atoms with Crippen molar-refractivity contribution < 1.29 is 4.74 Å². The molecule has 0 bridgehead atoms. The van der Waals surface area contributed by atoms with Crippen LogP contribution in [0.4, 0.5) is 0 Å². The minimum Gasteiger partial charge on any atom is -0.381 e. The summed E-state index contributed by atoms with van der Waals surface area (Å²) in [5, 5.41) is 8.15. The largest absolute Gasteiger partial charge is 0.381 e. The van der Waals surface area contributed by atoms with Gasteiger partial charge in [-0.25, -0.2) is 0 Å². The van der Waals surface area contributed by atoms with Gasteiger partial charge in [-0.15, -0.1) is 24.0 Å². The molecule has 0 amide bonds. The van der Waals surface area contributed by atoms with Gasteiger partial charge in [-0.1, -0.05) is 23.7 Å². The SMILES string of the molecule is CCN=C(NC1CCN(CC2CCOC2)CC1)NC1CC1c1cccc(Cl)c1.I. The van der Waals surface area contributed by atoms with E-state index in [-0.39, 0.29) is 24.0 Å². The molecule has 7 heteroatoms. The maximum atomic E-state index is 6.15. The van der Waals surface area contributed by atoms with Gasteiger partial charge in [-0.05, 0) is 56.2 Å². The lowest BCUT2D eigenvalue weighted by Gasteiger charge is -2.34. The number of rotatable bonds is 6. The number of likely N-dealkylation sites (tertiary alicyclic amines) is 1. The Bertz CT molecular complexity index is 675. The molecule has 1 aromatic carbocycles. The molecule has 3 aliphatic rings. The van der Waals surface area contributed by atoms with Gasteiger partial charge >= 0.3 is 0 Å². The highest BCUT2D eigenvalue weighted by atomic mass is 127. The number of nitrogens with zero attached hydrogens (tertiary/aromatic N) is 2. The molecule has 1 aliphatic carbocycles. The van der Waals surface area contributed by atoms with Crippen molar-refractivity contribution >= 4 is 41.5 Å². The molecule has 29 heavy (non-hydrogen) atoms. The number of hydrogen-bond acceptors (Lipinski definition) is 3. The number of ether oxygens (including phenoxy) is 1. The first-order valence-electron chi connectivity index (χ1n) is 10.8. The number of aliphatic imine (C=N–C) groups is 1. The molecule has 3 fully saturated rings. The summed E-state index contributed by atoms with van der Waals surface area (Å²) in [6, 6.07) is 9.21. The molecule has 1 aromatic rings. The van der Waals surface area contributed by atoms with Crippen molar-refractivity contribution in [3.05, 3.63) is 34.9 Å². The lowest BCUT2D eigenvalue weighted by atomic mass is 10.0. The van der Waals surface area contributed by atoms with E-state index in [4.69, 9.17) is 16.3 Å². The van der Waals surface area contributed by atoms with E-state index in [0.29, 0.717) is 18.0 Å². The minimum absolute atomic E-state index is 0. The highest BCUT2D eigenvalue weighted by Crippen LogP contribution is 2.41. The minimum atomic E-state index is 0. The van der Waals surface area contributed by atoms with Crippen LogP contribution < -0.4 is 10.6 Å². The van der Waals surface area contributed by atoms with Gasteiger partial charge in [0.1, 0.15) is 0 Å². The summed E-state index contributed by atoms with van der Waals surface area (Å²) in [5.74, 6) is 2.25. The molecule has 1 saturated carbocycles. The number of guanidine groups is 1. The number of nitrogens with one attached hydrogen (secondary N) is 2. The Kier molecular flexibility index (Phi) is 8.89. The molecule has 3 atom stereocenters. The molecule has 4 rings (SSSR count). The molecule has 5 nitrogen and oxygen atoms in total. The zero-order chi connectivity index (χ0) is 19.3. The van der Waals surface area contributed by atoms with Gasteiger partial charge in [0.2, 0.25) is 0 Å². The summed E-state index contributed by atoms with van der Waals surface area (Å²) < 4.78 is 5.52. The van der Waals surface area contributed by atoms with Gasteiger partial charge in [0.15, 0.2) is 5.96 Å². The van der Waals surface area contributed by atoms with Crippen LogP contribution in [-0.2, 0) is 4.74 Å². The van der Waals surface area contributed by atoms with Crippen molar-refractivity contribution in [3.8, 4) is 0 Å². The average Bonchev–Trinajstić information content (AvgIpc) is 3.26. The van der Waals surface area contributed by atoms with Crippen molar-refractivity contribution in [3.63, 3.8) is 0 Å². The molecule has 2 N–H and O–H groups in total. The summed E-state index contributed by atoms with van der Waals surface area (Å²) in [6.07, 6.45) is 4.73. The van der Waals surface area contributed by atoms with Crippen LogP contribution in [0.25, 0.3) is 0 Å². The van der Waals surface area contributed by atoms with E-state index in [0.717, 1.165) is 43.1 Å². The summed E-state index contributed by atoms with van der Waals surface area (Å²) in [5.41, 5.74) is 1.32. The van der Waals surface area contributed by atoms with E-state index in [1.807, 2.05) is 12.1 Å². The number of hydrogen-bond donors (Lipinski definition) is 2. The van der Waals surface area contributed by atoms with Gasteiger partial charge in [0.05, 0.1) is 6.61 Å². The van der Waals surface area contributed by atoms with Gasteiger partial charge in [0, 0.05) is 55.8 Å². The van der Waals surface area contributed by atoms with E-state index in [9.17, 15) is 0 Å². The zero-order valence-electron chi connectivity index (χ0n) is 17.3. The molecular formula is C22H34ClIN4O. The fraction of sp³-hybridized carbons (Fsp3) is 0.682. The van der Waals surface area contributed by atoms with Crippen molar-refractivity contribution in [1.82, 2.24) is 15.5 Å². The Balaban J connectivity index is 0.00000240. The maximum absolute atomic E-state index is 6.15. The first-order valence-corrected chi connectivity index (χ1v) is 11.2. The van der Waals surface area contributed by atoms with Crippen LogP contribution in [-0.4, -0.2) is 62.3 Å². The lowest BCUT2D eigenvalue weighted by Crippen LogP contribution is -2.50. The molecule has 0 aromatic heterocycles. The van der Waals surface area contributed by atoms with E-state index in [1.54, 1.807) is 0 Å². The summed E-state index contributed by atoms with van der Waals surface area (Å²) in [6.45, 7) is 8.32. The first-order chi connectivity index (χ1) is 13.7. The Morgan fingerprint density at radius 1 is 1.24 bits per heavy atom. The standard InChI is InChI=1S/C22H33ClN4O.HI/c1-2-24-22(26-21-13-20(21)17-4-3-5-18(23)12-17)25-19-6-9-27(10-7-19)14-16-8-11-28-15-16;/h3-5,12,16,19-21H,2,6-11,13-15H2,1H3,(H2,24,25,26);1H. The highest BCUT2D eigenvalue weighted by molar-refractivity contribution is 14.0. The third-order valence-corrected chi connectivity index (χ3v) is 6.41. The molecule has 2 saturated heterocycles. The number of piperidine rings is 1. The quantitative estimate of drug-likeness (QED) is 0.332. The van der Waals surface area contributed by atoms with E-state index in [1.165, 1.54) is 44.5 Å². The Labute approximate surface area is 197 Å². The topological polar surface area (TPSA) is 48.9 Å². The summed E-state index contributed by atoms with van der Waals surface area (Å²) in [7, 11) is 0. The van der Waals surface area contributed by atoms with Crippen molar-refractivity contribution in [1.29, 1.82) is 0 Å². The lowest BCUT2D eigenvalue weighted by molar-refractivity contribution is 0.150. The van der Waals surface area contributed by atoms with Crippen molar-refractivity contribution in [2.45, 2.75) is 50.6 Å². The van der Waals surface area contributed by atoms with Crippen molar-refractivity contribution in [2.75, 3.05) is 39.4 Å². The third kappa shape index (κ3) is 6.71. The van der Waals surface area contributed by atoms with Gasteiger partial charge < -0.3 is 20.3 Å². The first kappa shape index (κ1) is 23.1. The Morgan fingerprint density at radius 2 is 2.07 bits per heavy atom. The second kappa shape index (κ2) is 11.2. The Hall–Kier alpha value is -0.570. The van der Waals surface area contributed by atoms with Crippen LogP contribution in [0.5, 0.6) is 0 Å². The fourth-order valence-corrected chi connectivity index (χ4v) is 4.67. The van der Waals surface area contributed by atoms with E-state index in [2.05, 4.69) is 39.6 Å². The second-order valence-electron chi connectivity index (χ2n) is 8.42. The predicted molar refractivity (Wildman–Crippen MR) is 131 cm³/mol. The van der Waals surface area contributed by atoms with E-state index < -0.39 is 0 Å². The molecule has 0 spiro atoms. The molecule has 3 unspecified atom stereocenters. The zero-order valence-corrected chi connectivity index (χ0v) is 20.4. The molecule has 0 radical (unpaired) electrons. The fourth-order valence-electron chi connectivity index (χ4n) is 4.47. The monoisotopic (exact) mass is 532 g/mol. The molecule has 2 heterocycles. The van der Waals surface area contributed by atoms with Gasteiger partial charge in [0.25, 0.3) is 0 Å². The van der Waals surface area contributed by atoms with Crippen LogP contribution in [0.1, 0.15) is 44.1 Å². The smallest absolute Gasteiger partial charge is 0.191 e. The molecule has 2 aliphatic heterocycles. The number of benzene rings is 1. The van der Waals surface area contributed by atoms with Crippen LogP contribution >= 0.6 is 35.6 Å². The Morgan fingerprint density at radius 3 is 2.76 bits per heavy atom. The molecular weight excluding hydrogens is 499 g/mol. The summed E-state index contributed by atoms with van der Waals surface area (Å²) in [4.78, 5) is 7.29. The maximum Gasteiger partial charge on any atom is 0.191 e. The van der Waals surface area contributed by atoms with Crippen LogP contribution in [0.2, 0.25) is 5.02 Å². The molecule has 162 valence electrons. The number of halogens is 2. The van der Waals surface area contributed by atoms with Gasteiger partial charge in [-0.3, -0.25) is 4.99 Å². The third-order valence-electron chi connectivity index (χ3n) is 6.17. The van der Waals surface area contributed by atoms with Gasteiger partial charge in [-0.2, -0.15) is 0 Å². The van der Waals surface area contributed by atoms with Crippen LogP contribution in [0.3, 0.4) is 0 Å². The highest BCUT2D eigenvalue weighted by Gasteiger charge is 2.39. The second-order valence-corrected chi connectivity index (χ2v) is 8.86.